The van der Waals surface area contributed by atoms with Crippen molar-refractivity contribution in [1.82, 2.24) is 0 Å². The Labute approximate surface area is 83.6 Å². The lowest BCUT2D eigenvalue weighted by molar-refractivity contribution is 0.0523. The zero-order chi connectivity index (χ0) is 10.6. The van der Waals surface area contributed by atoms with Crippen LogP contribution in [-0.2, 0) is 4.74 Å². The van der Waals surface area contributed by atoms with Crippen LogP contribution in [0.2, 0.25) is 0 Å². The summed E-state index contributed by atoms with van der Waals surface area (Å²) in [5.74, 6) is 0.0592. The molecule has 0 atom stereocenters. The Hall–Kier alpha value is -1.51. The third-order valence-electron chi connectivity index (χ3n) is 1.79. The van der Waals surface area contributed by atoms with Gasteiger partial charge in [0.2, 0.25) is 0 Å². The van der Waals surface area contributed by atoms with Gasteiger partial charge in [0.15, 0.2) is 0 Å². The summed E-state index contributed by atoms with van der Waals surface area (Å²) in [6.07, 6.45) is 0. The Kier molecular flexibility index (Phi) is 3.51. The van der Waals surface area contributed by atoms with E-state index in [0.29, 0.717) is 17.9 Å². The van der Waals surface area contributed by atoms with E-state index in [9.17, 15) is 4.79 Å². The fraction of sp³-hybridized carbons (Fsp3) is 0.273. The van der Waals surface area contributed by atoms with E-state index in [0.717, 1.165) is 5.56 Å². The Morgan fingerprint density at radius 1 is 1.50 bits per heavy atom. The van der Waals surface area contributed by atoms with Crippen molar-refractivity contribution >= 4 is 5.97 Å². The number of carbonyl (C=O) groups is 1. The lowest BCUT2D eigenvalue weighted by Gasteiger charge is -2.07. The molecule has 1 aromatic rings. The van der Waals surface area contributed by atoms with Crippen molar-refractivity contribution in [3.63, 3.8) is 0 Å². The van der Waals surface area contributed by atoms with Crippen molar-refractivity contribution in [3.05, 3.63) is 36.4 Å². The van der Waals surface area contributed by atoms with Crippen LogP contribution in [0.25, 0.3) is 0 Å². The first-order chi connectivity index (χ1) is 6.69. The molecule has 0 N–H and O–H groups in total. The van der Waals surface area contributed by atoms with Gasteiger partial charge in [0, 0.05) is 0 Å². The average Bonchev–Trinajstić information content (AvgIpc) is 2.18. The van der Waals surface area contributed by atoms with E-state index in [-0.39, 0.29) is 5.97 Å². The molecule has 3 heteroatoms. The van der Waals surface area contributed by atoms with E-state index in [1.807, 2.05) is 13.0 Å². The molecular formula is C11H13O3. The van der Waals surface area contributed by atoms with E-state index in [1.165, 1.54) is 0 Å². The second kappa shape index (κ2) is 4.65. The molecule has 0 bridgehead atoms. The molecule has 3 nitrogen and oxygen atoms in total. The maximum atomic E-state index is 11.4. The van der Waals surface area contributed by atoms with Gasteiger partial charge in [-0.3, -0.25) is 0 Å². The number of esters is 1. The second-order valence-corrected chi connectivity index (χ2v) is 2.86. The SMILES string of the molecule is [CH2]Oc1ccc(C)cc1C(=O)OCC. The normalized spacial score (nSPS) is 9.64. The van der Waals surface area contributed by atoms with Crippen molar-refractivity contribution in [2.75, 3.05) is 6.61 Å². The van der Waals surface area contributed by atoms with Crippen LogP contribution in [0.1, 0.15) is 22.8 Å². The van der Waals surface area contributed by atoms with Gasteiger partial charge in [-0.1, -0.05) is 11.6 Å². The highest BCUT2D eigenvalue weighted by molar-refractivity contribution is 5.92. The predicted octanol–water partition coefficient (Wildman–Crippen LogP) is 2.34. The summed E-state index contributed by atoms with van der Waals surface area (Å²) in [5.41, 5.74) is 1.40. The van der Waals surface area contributed by atoms with Crippen LogP contribution >= 0.6 is 0 Å². The molecule has 0 saturated heterocycles. The van der Waals surface area contributed by atoms with Crippen molar-refractivity contribution in [2.45, 2.75) is 13.8 Å². The molecule has 0 aliphatic heterocycles. The molecule has 0 amide bonds. The van der Waals surface area contributed by atoms with Crippen LogP contribution in [0.5, 0.6) is 5.75 Å². The number of carbonyl (C=O) groups excluding carboxylic acids is 1. The first-order valence-electron chi connectivity index (χ1n) is 4.38. The minimum atomic E-state index is -0.380. The Bertz CT molecular complexity index is 331. The molecule has 0 aliphatic rings. The number of hydrogen-bond donors (Lipinski definition) is 0. The average molecular weight is 193 g/mol. The van der Waals surface area contributed by atoms with Crippen LogP contribution in [0.4, 0.5) is 0 Å². The monoisotopic (exact) mass is 193 g/mol. The van der Waals surface area contributed by atoms with Gasteiger partial charge in [0.25, 0.3) is 0 Å². The second-order valence-electron chi connectivity index (χ2n) is 2.86. The van der Waals surface area contributed by atoms with Gasteiger partial charge >= 0.3 is 5.97 Å². The summed E-state index contributed by atoms with van der Waals surface area (Å²) >= 11 is 0. The molecule has 0 fully saturated rings. The van der Waals surface area contributed by atoms with Crippen LogP contribution in [0, 0.1) is 14.0 Å². The van der Waals surface area contributed by atoms with Crippen molar-refractivity contribution in [2.24, 2.45) is 0 Å². The van der Waals surface area contributed by atoms with Gasteiger partial charge in [-0.25, -0.2) is 4.79 Å². The van der Waals surface area contributed by atoms with E-state index in [4.69, 9.17) is 9.47 Å². The predicted molar refractivity (Wildman–Crippen MR) is 53.1 cm³/mol. The molecule has 0 unspecified atom stereocenters. The first kappa shape index (κ1) is 10.6. The minimum Gasteiger partial charge on any atom is -0.489 e. The van der Waals surface area contributed by atoms with E-state index < -0.39 is 0 Å². The number of benzene rings is 1. The maximum absolute atomic E-state index is 11.4. The fourth-order valence-corrected chi connectivity index (χ4v) is 1.14. The Morgan fingerprint density at radius 2 is 2.21 bits per heavy atom. The zero-order valence-electron chi connectivity index (χ0n) is 8.37. The summed E-state index contributed by atoms with van der Waals surface area (Å²) in [6, 6.07) is 5.27. The van der Waals surface area contributed by atoms with Crippen molar-refractivity contribution in [3.8, 4) is 5.75 Å². The smallest absolute Gasteiger partial charge is 0.341 e. The van der Waals surface area contributed by atoms with Crippen LogP contribution in [0.3, 0.4) is 0 Å². The van der Waals surface area contributed by atoms with Crippen molar-refractivity contribution < 1.29 is 14.3 Å². The van der Waals surface area contributed by atoms with Gasteiger partial charge in [0.1, 0.15) is 18.4 Å². The summed E-state index contributed by atoms with van der Waals surface area (Å²) in [5, 5.41) is 0. The number of rotatable bonds is 3. The molecule has 1 rings (SSSR count). The van der Waals surface area contributed by atoms with Gasteiger partial charge in [-0.15, -0.1) is 0 Å². The summed E-state index contributed by atoms with van der Waals surface area (Å²) in [7, 11) is 3.28. The summed E-state index contributed by atoms with van der Waals surface area (Å²) < 4.78 is 9.70. The number of aryl methyl sites for hydroxylation is 1. The molecule has 0 aliphatic carbocycles. The van der Waals surface area contributed by atoms with Gasteiger partial charge in [-0.2, -0.15) is 0 Å². The highest BCUT2D eigenvalue weighted by Crippen LogP contribution is 2.20. The first-order valence-corrected chi connectivity index (χ1v) is 4.38. The molecule has 1 aromatic carbocycles. The Balaban J connectivity index is 3.03. The van der Waals surface area contributed by atoms with Gasteiger partial charge in [0.05, 0.1) is 6.61 Å². The van der Waals surface area contributed by atoms with Crippen LogP contribution in [-0.4, -0.2) is 12.6 Å². The topological polar surface area (TPSA) is 35.5 Å². The van der Waals surface area contributed by atoms with E-state index in [1.54, 1.807) is 19.1 Å². The molecule has 14 heavy (non-hydrogen) atoms. The molecule has 0 spiro atoms. The van der Waals surface area contributed by atoms with Gasteiger partial charge in [-0.05, 0) is 26.0 Å². The Morgan fingerprint density at radius 3 is 2.79 bits per heavy atom. The summed E-state index contributed by atoms with van der Waals surface area (Å²) in [6.45, 7) is 4.01. The largest absolute Gasteiger partial charge is 0.489 e. The van der Waals surface area contributed by atoms with Crippen LogP contribution in [0.15, 0.2) is 18.2 Å². The number of ether oxygens (including phenoxy) is 2. The third-order valence-corrected chi connectivity index (χ3v) is 1.79. The molecule has 1 radical (unpaired) electrons. The highest BCUT2D eigenvalue weighted by atomic mass is 16.5. The fourth-order valence-electron chi connectivity index (χ4n) is 1.14. The van der Waals surface area contributed by atoms with Crippen LogP contribution < -0.4 is 4.74 Å². The lowest BCUT2D eigenvalue weighted by Crippen LogP contribution is -2.06. The maximum Gasteiger partial charge on any atom is 0.341 e. The van der Waals surface area contributed by atoms with Gasteiger partial charge < -0.3 is 9.47 Å². The molecular weight excluding hydrogens is 180 g/mol. The van der Waals surface area contributed by atoms with E-state index in [2.05, 4.69) is 7.11 Å². The zero-order valence-corrected chi connectivity index (χ0v) is 8.37. The highest BCUT2D eigenvalue weighted by Gasteiger charge is 2.12. The van der Waals surface area contributed by atoms with E-state index >= 15 is 0 Å². The standard InChI is InChI=1S/C11H13O3/c1-4-14-11(12)9-7-8(2)5-6-10(9)13-3/h5-7H,3-4H2,1-2H3. The lowest BCUT2D eigenvalue weighted by atomic mass is 10.1. The van der Waals surface area contributed by atoms with Crippen molar-refractivity contribution in [1.29, 1.82) is 0 Å². The molecule has 0 heterocycles. The molecule has 75 valence electrons. The quantitative estimate of drug-likeness (QED) is 0.691. The summed E-state index contributed by atoms with van der Waals surface area (Å²) in [4.78, 5) is 11.4. The third kappa shape index (κ3) is 2.25. The minimum absolute atomic E-state index is 0.351. The molecule has 0 saturated carbocycles. The number of hydrogen-bond acceptors (Lipinski definition) is 3. The molecule has 0 aromatic heterocycles.